The normalized spacial score (nSPS) is 16.9. The highest BCUT2D eigenvalue weighted by Gasteiger charge is 2.38. The van der Waals surface area contributed by atoms with Crippen molar-refractivity contribution in [3.8, 4) is 0 Å². The molecule has 11 heteroatoms. The van der Waals surface area contributed by atoms with E-state index in [2.05, 4.69) is 21.1 Å². The van der Waals surface area contributed by atoms with Crippen LogP contribution in [0.15, 0.2) is 83.0 Å². The molecule has 1 heterocycles. The molecular weight excluding hydrogens is 476 g/mol. The Hall–Kier alpha value is -5.19. The van der Waals surface area contributed by atoms with Crippen molar-refractivity contribution in [2.24, 2.45) is 10.2 Å². The third-order valence-corrected chi connectivity index (χ3v) is 5.50. The highest BCUT2D eigenvalue weighted by Crippen LogP contribution is 2.29. The van der Waals surface area contributed by atoms with Crippen LogP contribution in [0.2, 0.25) is 0 Å². The summed E-state index contributed by atoms with van der Waals surface area (Å²) in [6.45, 7) is 3.78. The van der Waals surface area contributed by atoms with E-state index in [9.17, 15) is 19.7 Å². The molecule has 0 radical (unpaired) electrons. The standard InChI is InChI=1S/C26H22N6O5/c1-15-6-10-17(11-7-15)25(33)30-28-21-22(29-31-26(34)18-12-8-16(2)9-13-18)24(27)37-23(21)19-4-3-5-20(14-19)32(35)36/h3-14,23,27H,1-2H3,(H,30,33)(H,31,34)/b27-24?,28-21-,29-22-. The van der Waals surface area contributed by atoms with E-state index in [-0.39, 0.29) is 17.1 Å². The molecule has 37 heavy (non-hydrogen) atoms. The number of ether oxygens (including phenoxy) is 1. The molecule has 0 aliphatic carbocycles. The number of hydrogen-bond donors (Lipinski definition) is 3. The minimum Gasteiger partial charge on any atom is -0.461 e. The van der Waals surface area contributed by atoms with Crippen LogP contribution >= 0.6 is 0 Å². The number of aryl methyl sites for hydroxylation is 2. The summed E-state index contributed by atoms with van der Waals surface area (Å²) in [4.78, 5) is 35.9. The molecule has 3 N–H and O–H groups in total. The molecule has 1 unspecified atom stereocenters. The van der Waals surface area contributed by atoms with E-state index in [1.807, 2.05) is 13.8 Å². The van der Waals surface area contributed by atoms with E-state index >= 15 is 0 Å². The van der Waals surface area contributed by atoms with Crippen LogP contribution in [0.3, 0.4) is 0 Å². The van der Waals surface area contributed by atoms with E-state index in [0.717, 1.165) is 11.1 Å². The number of nitrogens with one attached hydrogen (secondary N) is 3. The van der Waals surface area contributed by atoms with Crippen LogP contribution in [0, 0.1) is 29.4 Å². The largest absolute Gasteiger partial charge is 0.461 e. The van der Waals surface area contributed by atoms with Crippen LogP contribution in [0.4, 0.5) is 5.69 Å². The predicted octanol–water partition coefficient (Wildman–Crippen LogP) is 3.83. The van der Waals surface area contributed by atoms with E-state index in [1.54, 1.807) is 54.6 Å². The summed E-state index contributed by atoms with van der Waals surface area (Å²) in [6.07, 6.45) is -1.08. The van der Waals surface area contributed by atoms with Gasteiger partial charge in [-0.3, -0.25) is 25.1 Å². The van der Waals surface area contributed by atoms with Crippen molar-refractivity contribution in [1.82, 2.24) is 10.9 Å². The number of carbonyl (C=O) groups excluding carboxylic acids is 2. The SMILES string of the molecule is Cc1ccc(C(=O)N/N=C2\C(=N)OC(c3cccc([N+](=O)[O-])c3)\C2=N/NC(=O)c2ccc(C)cc2)cc1. The third kappa shape index (κ3) is 5.73. The molecule has 1 aliphatic rings. The van der Waals surface area contributed by atoms with Gasteiger partial charge >= 0.3 is 0 Å². The van der Waals surface area contributed by atoms with Gasteiger partial charge in [0.15, 0.2) is 11.8 Å². The van der Waals surface area contributed by atoms with Crippen LogP contribution in [-0.2, 0) is 4.74 Å². The highest BCUT2D eigenvalue weighted by atomic mass is 16.6. The lowest BCUT2D eigenvalue weighted by atomic mass is 10.0. The number of benzene rings is 3. The Labute approximate surface area is 211 Å². The van der Waals surface area contributed by atoms with Crippen molar-refractivity contribution in [2.75, 3.05) is 0 Å². The lowest BCUT2D eigenvalue weighted by Gasteiger charge is -2.10. The van der Waals surface area contributed by atoms with Gasteiger partial charge in [0.2, 0.25) is 5.90 Å². The van der Waals surface area contributed by atoms with Crippen LogP contribution in [0.25, 0.3) is 0 Å². The molecule has 0 aromatic heterocycles. The number of rotatable bonds is 6. The van der Waals surface area contributed by atoms with Gasteiger partial charge < -0.3 is 4.74 Å². The Balaban J connectivity index is 1.67. The molecule has 1 atom stereocenters. The van der Waals surface area contributed by atoms with Crippen LogP contribution in [-0.4, -0.2) is 34.1 Å². The van der Waals surface area contributed by atoms with Crippen molar-refractivity contribution in [2.45, 2.75) is 20.0 Å². The summed E-state index contributed by atoms with van der Waals surface area (Å²) in [7, 11) is 0. The van der Waals surface area contributed by atoms with Crippen molar-refractivity contribution in [3.63, 3.8) is 0 Å². The fourth-order valence-electron chi connectivity index (χ4n) is 3.47. The fraction of sp³-hybridized carbons (Fsp3) is 0.115. The first-order valence-electron chi connectivity index (χ1n) is 11.1. The zero-order valence-electron chi connectivity index (χ0n) is 19.9. The molecule has 11 nitrogen and oxygen atoms in total. The number of non-ortho nitro benzene ring substituents is 1. The van der Waals surface area contributed by atoms with Crippen LogP contribution in [0.5, 0.6) is 0 Å². The van der Waals surface area contributed by atoms with Gasteiger partial charge in [-0.05, 0) is 38.1 Å². The summed E-state index contributed by atoms with van der Waals surface area (Å²) in [6, 6.07) is 19.2. The predicted molar refractivity (Wildman–Crippen MR) is 137 cm³/mol. The topological polar surface area (TPSA) is 159 Å². The van der Waals surface area contributed by atoms with Crippen molar-refractivity contribution < 1.29 is 19.2 Å². The lowest BCUT2D eigenvalue weighted by Crippen LogP contribution is -2.28. The van der Waals surface area contributed by atoms with Gasteiger partial charge in [-0.1, -0.05) is 47.5 Å². The average molecular weight is 498 g/mol. The lowest BCUT2D eigenvalue weighted by molar-refractivity contribution is -0.384. The van der Waals surface area contributed by atoms with Crippen LogP contribution < -0.4 is 10.9 Å². The molecular formula is C26H22N6O5. The second-order valence-corrected chi connectivity index (χ2v) is 8.25. The Morgan fingerprint density at radius 3 is 1.97 bits per heavy atom. The van der Waals surface area contributed by atoms with E-state index in [1.165, 1.54) is 18.2 Å². The zero-order chi connectivity index (χ0) is 26.5. The summed E-state index contributed by atoms with van der Waals surface area (Å²) in [5, 5.41) is 27.7. The number of amides is 2. The van der Waals surface area contributed by atoms with Gasteiger partial charge in [0.05, 0.1) is 4.92 Å². The van der Waals surface area contributed by atoms with Gasteiger partial charge in [-0.15, -0.1) is 0 Å². The summed E-state index contributed by atoms with van der Waals surface area (Å²) < 4.78 is 5.61. The number of carbonyl (C=O) groups is 2. The second-order valence-electron chi connectivity index (χ2n) is 8.25. The maximum Gasteiger partial charge on any atom is 0.271 e. The molecule has 1 saturated heterocycles. The quantitative estimate of drug-likeness (QED) is 0.347. The highest BCUT2D eigenvalue weighted by molar-refractivity contribution is 6.69. The maximum atomic E-state index is 12.7. The van der Waals surface area contributed by atoms with Gasteiger partial charge in [0, 0.05) is 28.8 Å². The minimum atomic E-state index is -1.08. The number of nitro groups is 1. The average Bonchev–Trinajstić information content (AvgIpc) is 3.21. The molecule has 186 valence electrons. The molecule has 4 rings (SSSR count). The molecule has 0 bridgehead atoms. The van der Waals surface area contributed by atoms with E-state index < -0.39 is 28.7 Å². The van der Waals surface area contributed by atoms with Crippen molar-refractivity contribution in [1.29, 1.82) is 5.41 Å². The number of hydrazone groups is 2. The first-order chi connectivity index (χ1) is 17.7. The Morgan fingerprint density at radius 2 is 1.43 bits per heavy atom. The zero-order valence-corrected chi connectivity index (χ0v) is 19.9. The van der Waals surface area contributed by atoms with Crippen molar-refractivity contribution in [3.05, 3.63) is 111 Å². The Kier molecular flexibility index (Phi) is 7.14. The molecule has 1 aliphatic heterocycles. The number of nitro benzene ring substituents is 1. The van der Waals surface area contributed by atoms with Crippen molar-refractivity contribution >= 4 is 34.8 Å². The summed E-state index contributed by atoms with van der Waals surface area (Å²) in [5.41, 5.74) is 7.44. The molecule has 3 aromatic rings. The molecule has 2 amide bonds. The number of nitrogens with zero attached hydrogens (tertiary/aromatic N) is 3. The Bertz CT molecular complexity index is 1450. The summed E-state index contributed by atoms with van der Waals surface area (Å²) in [5.74, 6) is -1.47. The van der Waals surface area contributed by atoms with E-state index in [0.29, 0.717) is 16.7 Å². The first kappa shape index (κ1) is 24.9. The first-order valence-corrected chi connectivity index (χ1v) is 11.1. The fourth-order valence-corrected chi connectivity index (χ4v) is 3.47. The van der Waals surface area contributed by atoms with Gasteiger partial charge in [-0.25, -0.2) is 10.9 Å². The maximum absolute atomic E-state index is 12.7. The Morgan fingerprint density at radius 1 is 0.892 bits per heavy atom. The minimum absolute atomic E-state index is 0.00448. The van der Waals surface area contributed by atoms with Crippen LogP contribution in [0.1, 0.15) is 43.5 Å². The second kappa shape index (κ2) is 10.6. The summed E-state index contributed by atoms with van der Waals surface area (Å²) >= 11 is 0. The van der Waals surface area contributed by atoms with Gasteiger partial charge in [0.1, 0.15) is 5.71 Å². The van der Waals surface area contributed by atoms with E-state index in [4.69, 9.17) is 10.1 Å². The molecule has 0 saturated carbocycles. The molecule has 3 aromatic carbocycles. The molecule has 0 spiro atoms. The van der Waals surface area contributed by atoms with Gasteiger partial charge in [0.25, 0.3) is 17.5 Å². The van der Waals surface area contributed by atoms with Gasteiger partial charge in [-0.2, -0.15) is 10.2 Å². The number of hydrogen-bond acceptors (Lipinski definition) is 8. The monoisotopic (exact) mass is 498 g/mol. The smallest absolute Gasteiger partial charge is 0.271 e. The third-order valence-electron chi connectivity index (χ3n) is 5.50. The molecule has 1 fully saturated rings.